The maximum absolute atomic E-state index is 13.1. The number of pyridine rings is 1. The third-order valence-electron chi connectivity index (χ3n) is 3.51. The van der Waals surface area contributed by atoms with Gasteiger partial charge in [-0.3, -0.25) is 9.98 Å². The van der Waals surface area contributed by atoms with Crippen molar-refractivity contribution >= 4 is 5.96 Å². The molecular formula is C18H23FN4O. The first kappa shape index (κ1) is 17.7. The highest BCUT2D eigenvalue weighted by atomic mass is 19.1. The van der Waals surface area contributed by atoms with E-state index < -0.39 is 0 Å². The molecule has 0 spiro atoms. The highest BCUT2D eigenvalue weighted by molar-refractivity contribution is 5.79. The third kappa shape index (κ3) is 5.87. The van der Waals surface area contributed by atoms with E-state index in [4.69, 9.17) is 4.74 Å². The van der Waals surface area contributed by atoms with Crippen LogP contribution >= 0.6 is 0 Å². The Hall–Kier alpha value is -2.63. The van der Waals surface area contributed by atoms with Gasteiger partial charge in [0.2, 0.25) is 0 Å². The van der Waals surface area contributed by atoms with Crippen LogP contribution in [0.25, 0.3) is 0 Å². The van der Waals surface area contributed by atoms with Crippen molar-refractivity contribution in [3.8, 4) is 5.75 Å². The molecule has 2 rings (SSSR count). The Labute approximate surface area is 142 Å². The number of nitrogens with zero attached hydrogens (tertiary/aromatic N) is 2. The molecule has 0 aliphatic carbocycles. The Kier molecular flexibility index (Phi) is 7.01. The minimum atomic E-state index is -0.199. The Bertz CT molecular complexity index is 661. The largest absolute Gasteiger partial charge is 0.490 e. The van der Waals surface area contributed by atoms with Crippen molar-refractivity contribution in [3.63, 3.8) is 0 Å². The first-order valence-corrected chi connectivity index (χ1v) is 7.91. The zero-order chi connectivity index (χ0) is 17.2. The first-order chi connectivity index (χ1) is 11.7. The maximum atomic E-state index is 13.1. The fourth-order valence-electron chi connectivity index (χ4n) is 2.25. The maximum Gasteiger partial charge on any atom is 0.191 e. The van der Waals surface area contributed by atoms with Gasteiger partial charge in [-0.15, -0.1) is 0 Å². The standard InChI is InChI=1S/C18H23FN4O/c1-14-12-16(19)6-5-15(14)7-9-22-18(20-2)23-10-11-24-17-4-3-8-21-13-17/h3-6,8,12-13H,7,9-11H2,1-2H3,(H2,20,22,23). The first-order valence-electron chi connectivity index (χ1n) is 7.91. The number of rotatable bonds is 7. The van der Waals surface area contributed by atoms with Gasteiger partial charge in [0, 0.05) is 19.8 Å². The van der Waals surface area contributed by atoms with E-state index in [0.29, 0.717) is 19.1 Å². The SMILES string of the molecule is CN=C(NCCOc1cccnc1)NCCc1ccc(F)cc1C. The fourth-order valence-corrected chi connectivity index (χ4v) is 2.25. The molecule has 0 saturated heterocycles. The zero-order valence-corrected chi connectivity index (χ0v) is 14.1. The van der Waals surface area contributed by atoms with E-state index in [2.05, 4.69) is 20.6 Å². The molecule has 0 bridgehead atoms. The zero-order valence-electron chi connectivity index (χ0n) is 14.1. The topological polar surface area (TPSA) is 58.5 Å². The molecular weight excluding hydrogens is 307 g/mol. The number of benzene rings is 1. The summed E-state index contributed by atoms with van der Waals surface area (Å²) in [7, 11) is 1.72. The van der Waals surface area contributed by atoms with E-state index in [9.17, 15) is 4.39 Å². The summed E-state index contributed by atoms with van der Waals surface area (Å²) in [4.78, 5) is 8.16. The van der Waals surface area contributed by atoms with Crippen LogP contribution in [0.4, 0.5) is 4.39 Å². The normalized spacial score (nSPS) is 11.2. The van der Waals surface area contributed by atoms with Crippen molar-refractivity contribution in [2.45, 2.75) is 13.3 Å². The van der Waals surface area contributed by atoms with E-state index in [1.54, 1.807) is 25.5 Å². The minimum absolute atomic E-state index is 0.199. The minimum Gasteiger partial charge on any atom is -0.490 e. The molecule has 1 aromatic heterocycles. The molecule has 0 amide bonds. The number of nitrogens with one attached hydrogen (secondary N) is 2. The molecule has 1 heterocycles. The quantitative estimate of drug-likeness (QED) is 0.465. The monoisotopic (exact) mass is 330 g/mol. The third-order valence-corrected chi connectivity index (χ3v) is 3.51. The average Bonchev–Trinajstić information content (AvgIpc) is 2.59. The Balaban J connectivity index is 1.67. The number of halogens is 1. The van der Waals surface area contributed by atoms with E-state index in [1.807, 2.05) is 25.1 Å². The molecule has 0 unspecified atom stereocenters. The van der Waals surface area contributed by atoms with Gasteiger partial charge < -0.3 is 15.4 Å². The van der Waals surface area contributed by atoms with Crippen LogP contribution in [0.1, 0.15) is 11.1 Å². The van der Waals surface area contributed by atoms with Gasteiger partial charge in [-0.05, 0) is 48.7 Å². The van der Waals surface area contributed by atoms with Gasteiger partial charge in [-0.1, -0.05) is 6.07 Å². The highest BCUT2D eigenvalue weighted by Crippen LogP contribution is 2.10. The molecule has 128 valence electrons. The lowest BCUT2D eigenvalue weighted by Gasteiger charge is -2.13. The van der Waals surface area contributed by atoms with Gasteiger partial charge in [0.25, 0.3) is 0 Å². The van der Waals surface area contributed by atoms with Gasteiger partial charge in [0.15, 0.2) is 5.96 Å². The van der Waals surface area contributed by atoms with Gasteiger partial charge >= 0.3 is 0 Å². The highest BCUT2D eigenvalue weighted by Gasteiger charge is 2.02. The number of aryl methyl sites for hydroxylation is 1. The van der Waals surface area contributed by atoms with Crippen molar-refractivity contribution in [3.05, 3.63) is 59.7 Å². The van der Waals surface area contributed by atoms with E-state index >= 15 is 0 Å². The molecule has 6 heteroatoms. The molecule has 0 atom stereocenters. The van der Waals surface area contributed by atoms with Crippen molar-refractivity contribution in [2.75, 3.05) is 26.7 Å². The summed E-state index contributed by atoms with van der Waals surface area (Å²) in [6.07, 6.45) is 4.19. The van der Waals surface area contributed by atoms with Crippen LogP contribution in [0, 0.1) is 12.7 Å². The van der Waals surface area contributed by atoms with Crippen LogP contribution in [0.3, 0.4) is 0 Å². The summed E-state index contributed by atoms with van der Waals surface area (Å²) in [5, 5.41) is 6.42. The van der Waals surface area contributed by atoms with E-state index in [-0.39, 0.29) is 5.82 Å². The van der Waals surface area contributed by atoms with Gasteiger partial charge in [-0.25, -0.2) is 4.39 Å². The molecule has 0 aliphatic heterocycles. The van der Waals surface area contributed by atoms with Gasteiger partial charge in [-0.2, -0.15) is 0 Å². The second kappa shape index (κ2) is 9.50. The molecule has 0 saturated carbocycles. The molecule has 0 aliphatic rings. The summed E-state index contributed by atoms with van der Waals surface area (Å²) in [5.41, 5.74) is 2.09. The average molecular weight is 330 g/mol. The molecule has 5 nitrogen and oxygen atoms in total. The second-order valence-corrected chi connectivity index (χ2v) is 5.28. The van der Waals surface area contributed by atoms with Gasteiger partial charge in [0.1, 0.15) is 18.2 Å². The summed E-state index contributed by atoms with van der Waals surface area (Å²) in [5.74, 6) is 1.26. The summed E-state index contributed by atoms with van der Waals surface area (Å²) in [6, 6.07) is 8.57. The molecule has 0 fully saturated rings. The lowest BCUT2D eigenvalue weighted by Crippen LogP contribution is -2.40. The van der Waals surface area contributed by atoms with Crippen LogP contribution in [0.15, 0.2) is 47.7 Å². The Morgan fingerprint density at radius 3 is 2.79 bits per heavy atom. The number of hydrogen-bond acceptors (Lipinski definition) is 3. The smallest absolute Gasteiger partial charge is 0.191 e. The van der Waals surface area contributed by atoms with Gasteiger partial charge in [0.05, 0.1) is 12.7 Å². The molecule has 1 aromatic carbocycles. The lowest BCUT2D eigenvalue weighted by molar-refractivity contribution is 0.320. The number of aromatic nitrogens is 1. The fraction of sp³-hybridized carbons (Fsp3) is 0.333. The lowest BCUT2D eigenvalue weighted by atomic mass is 10.1. The molecule has 0 radical (unpaired) electrons. The Morgan fingerprint density at radius 1 is 1.25 bits per heavy atom. The summed E-state index contributed by atoms with van der Waals surface area (Å²) >= 11 is 0. The number of guanidine groups is 1. The van der Waals surface area contributed by atoms with Crippen molar-refractivity contribution in [1.29, 1.82) is 0 Å². The van der Waals surface area contributed by atoms with Crippen molar-refractivity contribution in [1.82, 2.24) is 15.6 Å². The van der Waals surface area contributed by atoms with Crippen molar-refractivity contribution < 1.29 is 9.13 Å². The van der Waals surface area contributed by atoms with Crippen LogP contribution in [0.2, 0.25) is 0 Å². The number of hydrogen-bond donors (Lipinski definition) is 2. The van der Waals surface area contributed by atoms with Crippen LogP contribution in [0.5, 0.6) is 5.75 Å². The van der Waals surface area contributed by atoms with Crippen LogP contribution < -0.4 is 15.4 Å². The molecule has 24 heavy (non-hydrogen) atoms. The van der Waals surface area contributed by atoms with Crippen molar-refractivity contribution in [2.24, 2.45) is 4.99 Å². The van der Waals surface area contributed by atoms with E-state index in [1.165, 1.54) is 6.07 Å². The summed E-state index contributed by atoms with van der Waals surface area (Å²) in [6.45, 7) is 3.78. The number of aliphatic imine (C=N–C) groups is 1. The second-order valence-electron chi connectivity index (χ2n) is 5.28. The predicted octanol–water partition coefficient (Wildman–Crippen LogP) is 2.32. The Morgan fingerprint density at radius 2 is 2.08 bits per heavy atom. The summed E-state index contributed by atoms with van der Waals surface area (Å²) < 4.78 is 18.6. The molecule has 2 N–H and O–H groups in total. The number of ether oxygens (including phenoxy) is 1. The van der Waals surface area contributed by atoms with Crippen LogP contribution in [-0.4, -0.2) is 37.7 Å². The van der Waals surface area contributed by atoms with E-state index in [0.717, 1.165) is 29.8 Å². The van der Waals surface area contributed by atoms with Crippen LogP contribution in [-0.2, 0) is 6.42 Å². The predicted molar refractivity (Wildman–Crippen MR) is 93.9 cm³/mol. The molecule has 2 aromatic rings.